The van der Waals surface area contributed by atoms with Gasteiger partial charge >= 0.3 is 5.69 Å². The second-order valence-corrected chi connectivity index (χ2v) is 10.7. The molecule has 0 unspecified atom stereocenters. The summed E-state index contributed by atoms with van der Waals surface area (Å²) in [5.41, 5.74) is 5.40. The minimum absolute atomic E-state index is 0.0789. The summed E-state index contributed by atoms with van der Waals surface area (Å²) in [6, 6.07) is 19.4. The predicted molar refractivity (Wildman–Crippen MR) is 147 cm³/mol. The smallest absolute Gasteiger partial charge is 0.327 e. The van der Waals surface area contributed by atoms with E-state index in [4.69, 9.17) is 9.84 Å². The lowest BCUT2D eigenvalue weighted by Gasteiger charge is -2.14. The third-order valence-electron chi connectivity index (χ3n) is 6.49. The number of ketones is 1. The van der Waals surface area contributed by atoms with E-state index in [0.29, 0.717) is 22.7 Å². The van der Waals surface area contributed by atoms with Gasteiger partial charge in [-0.25, -0.2) is 14.5 Å². The van der Waals surface area contributed by atoms with E-state index in [9.17, 15) is 9.59 Å². The van der Waals surface area contributed by atoms with Crippen molar-refractivity contribution in [3.63, 3.8) is 0 Å². The number of ether oxygens (including phenoxy) is 1. The minimum Gasteiger partial charge on any atom is -0.455 e. The molecule has 0 radical (unpaired) electrons. The number of aromatic amines is 1. The number of benzene rings is 2. The normalized spacial score (nSPS) is 11.7. The third kappa shape index (κ3) is 5.16. The molecule has 1 N–H and O–H groups in total. The van der Waals surface area contributed by atoms with Gasteiger partial charge in [0, 0.05) is 37.6 Å². The van der Waals surface area contributed by atoms with Gasteiger partial charge < -0.3 is 4.74 Å². The van der Waals surface area contributed by atoms with E-state index in [1.54, 1.807) is 19.3 Å². The fourth-order valence-electron chi connectivity index (χ4n) is 4.38. The molecule has 5 aromatic rings. The molecule has 0 bridgehead atoms. The van der Waals surface area contributed by atoms with Crippen molar-refractivity contribution in [2.45, 2.75) is 46.0 Å². The van der Waals surface area contributed by atoms with Crippen molar-refractivity contribution in [1.82, 2.24) is 24.3 Å². The van der Waals surface area contributed by atoms with Gasteiger partial charge in [0.1, 0.15) is 17.0 Å². The maximum atomic E-state index is 13.2. The van der Waals surface area contributed by atoms with Gasteiger partial charge in [0.05, 0.1) is 17.1 Å². The summed E-state index contributed by atoms with van der Waals surface area (Å²) in [5, 5.41) is 4.85. The van der Waals surface area contributed by atoms with E-state index in [-0.39, 0.29) is 29.7 Å². The van der Waals surface area contributed by atoms with Gasteiger partial charge in [0.15, 0.2) is 11.4 Å². The number of Topliss-reactive ketones (excluding diaryl/α,β-unsaturated/α-hetero) is 1. The molecule has 0 atom stereocenters. The molecule has 0 aliphatic carbocycles. The number of carbonyl (C=O) groups excluding carboxylic acids is 1. The van der Waals surface area contributed by atoms with E-state index in [0.717, 1.165) is 22.6 Å². The quantitative estimate of drug-likeness (QED) is 0.325. The molecule has 0 amide bonds. The number of carbonyl (C=O) groups is 1. The van der Waals surface area contributed by atoms with Crippen molar-refractivity contribution >= 4 is 16.9 Å². The Morgan fingerprint density at radius 1 is 1.03 bits per heavy atom. The number of imidazole rings is 1. The van der Waals surface area contributed by atoms with E-state index in [2.05, 4.69) is 30.7 Å². The van der Waals surface area contributed by atoms with Crippen LogP contribution in [0.1, 0.15) is 43.3 Å². The van der Waals surface area contributed by atoms with Crippen molar-refractivity contribution in [3.05, 3.63) is 99.9 Å². The van der Waals surface area contributed by atoms with Crippen LogP contribution in [0.25, 0.3) is 16.9 Å². The fraction of sp³-hybridized carbons (Fsp3) is 0.267. The number of nitrogens with one attached hydrogen (secondary N) is 1. The SMILES string of the molecule is Cc1ccc(-n2nc(C(C)(C)C)cc2CC(=O)Cc2cccc(Oc3ccnc4[nH]c(=O)n(C)c34)c2)cc1. The summed E-state index contributed by atoms with van der Waals surface area (Å²) in [7, 11) is 1.66. The minimum atomic E-state index is -0.262. The van der Waals surface area contributed by atoms with Crippen molar-refractivity contribution in [1.29, 1.82) is 0 Å². The Morgan fingerprint density at radius 2 is 1.79 bits per heavy atom. The molecule has 0 aliphatic rings. The number of H-pyrrole nitrogens is 1. The number of hydrogen-bond donors (Lipinski definition) is 1. The highest BCUT2D eigenvalue weighted by Gasteiger charge is 2.22. The lowest BCUT2D eigenvalue weighted by atomic mass is 9.92. The third-order valence-corrected chi connectivity index (χ3v) is 6.49. The summed E-state index contributed by atoms with van der Waals surface area (Å²) in [4.78, 5) is 32.2. The lowest BCUT2D eigenvalue weighted by molar-refractivity contribution is -0.117. The molecule has 5 rings (SSSR count). The van der Waals surface area contributed by atoms with Crippen LogP contribution in [0.3, 0.4) is 0 Å². The van der Waals surface area contributed by atoms with Crippen molar-refractivity contribution in [2.75, 3.05) is 0 Å². The second-order valence-electron chi connectivity index (χ2n) is 10.7. The highest BCUT2D eigenvalue weighted by Crippen LogP contribution is 2.28. The van der Waals surface area contributed by atoms with E-state index < -0.39 is 0 Å². The summed E-state index contributed by atoms with van der Waals surface area (Å²) >= 11 is 0. The van der Waals surface area contributed by atoms with Gasteiger partial charge in [0.25, 0.3) is 0 Å². The van der Waals surface area contributed by atoms with Gasteiger partial charge in [0.2, 0.25) is 0 Å². The molecule has 194 valence electrons. The molecule has 0 spiro atoms. The van der Waals surface area contributed by atoms with E-state index >= 15 is 0 Å². The summed E-state index contributed by atoms with van der Waals surface area (Å²) in [5.74, 6) is 1.17. The fourth-order valence-corrected chi connectivity index (χ4v) is 4.38. The van der Waals surface area contributed by atoms with Crippen molar-refractivity contribution in [2.24, 2.45) is 7.05 Å². The molecule has 2 aromatic carbocycles. The van der Waals surface area contributed by atoms with Crippen LogP contribution in [0.4, 0.5) is 0 Å². The zero-order valence-electron chi connectivity index (χ0n) is 22.3. The van der Waals surface area contributed by atoms with Crippen LogP contribution >= 0.6 is 0 Å². The van der Waals surface area contributed by atoms with Crippen LogP contribution in [0.2, 0.25) is 0 Å². The first kappa shape index (κ1) is 25.2. The Hall–Kier alpha value is -4.46. The first-order valence-electron chi connectivity index (χ1n) is 12.6. The van der Waals surface area contributed by atoms with Crippen LogP contribution in [0.15, 0.2) is 71.7 Å². The number of pyridine rings is 1. The first-order chi connectivity index (χ1) is 18.1. The molecule has 8 nitrogen and oxygen atoms in total. The Bertz CT molecular complexity index is 1680. The first-order valence-corrected chi connectivity index (χ1v) is 12.6. The number of aromatic nitrogens is 5. The average molecular weight is 510 g/mol. The number of nitrogens with zero attached hydrogens (tertiary/aromatic N) is 4. The number of hydrogen-bond acceptors (Lipinski definition) is 5. The maximum Gasteiger partial charge on any atom is 0.327 e. The lowest BCUT2D eigenvalue weighted by Crippen LogP contribution is -2.13. The molecule has 3 heterocycles. The topological polar surface area (TPSA) is 94.8 Å². The highest BCUT2D eigenvalue weighted by molar-refractivity contribution is 5.83. The van der Waals surface area contributed by atoms with Crippen molar-refractivity contribution in [3.8, 4) is 17.2 Å². The monoisotopic (exact) mass is 509 g/mol. The van der Waals surface area contributed by atoms with Crippen LogP contribution < -0.4 is 10.4 Å². The highest BCUT2D eigenvalue weighted by atomic mass is 16.5. The summed E-state index contributed by atoms with van der Waals surface area (Å²) in [6.07, 6.45) is 2.11. The Kier molecular flexibility index (Phi) is 6.48. The Labute approximate surface area is 220 Å². The Morgan fingerprint density at radius 3 is 2.53 bits per heavy atom. The predicted octanol–water partition coefficient (Wildman–Crippen LogP) is 5.20. The Balaban J connectivity index is 1.37. The molecule has 0 aliphatic heterocycles. The zero-order chi connectivity index (χ0) is 27.0. The standard InChI is InChI=1S/C30H31N5O3/c1-19-9-11-21(12-10-19)35-22(18-26(33-35)30(2,3)4)17-23(36)15-20-7-6-8-24(16-20)38-25-13-14-31-28-27(25)34(5)29(37)32-28/h6-14,16,18H,15,17H2,1-5H3,(H,31,32,37). The molecule has 0 saturated heterocycles. The van der Waals surface area contributed by atoms with Crippen LogP contribution in [0.5, 0.6) is 11.5 Å². The van der Waals surface area contributed by atoms with Crippen LogP contribution in [-0.4, -0.2) is 30.1 Å². The number of rotatable bonds is 7. The summed E-state index contributed by atoms with van der Waals surface area (Å²) < 4.78 is 9.46. The van der Waals surface area contributed by atoms with Crippen LogP contribution in [0, 0.1) is 6.92 Å². The molecule has 0 fully saturated rings. The zero-order valence-corrected chi connectivity index (χ0v) is 22.3. The largest absolute Gasteiger partial charge is 0.455 e. The maximum absolute atomic E-state index is 13.2. The van der Waals surface area contributed by atoms with Gasteiger partial charge in [-0.2, -0.15) is 5.10 Å². The van der Waals surface area contributed by atoms with Gasteiger partial charge in [-0.1, -0.05) is 50.6 Å². The van der Waals surface area contributed by atoms with Gasteiger partial charge in [-0.15, -0.1) is 0 Å². The average Bonchev–Trinajstić information content (AvgIpc) is 3.41. The number of aryl methyl sites for hydroxylation is 2. The van der Waals surface area contributed by atoms with Crippen molar-refractivity contribution < 1.29 is 9.53 Å². The molecule has 0 saturated carbocycles. The molecular formula is C30H31N5O3. The van der Waals surface area contributed by atoms with Gasteiger partial charge in [-0.3, -0.25) is 14.3 Å². The molecule has 38 heavy (non-hydrogen) atoms. The van der Waals surface area contributed by atoms with Gasteiger partial charge in [-0.05, 0) is 42.8 Å². The molecule has 8 heteroatoms. The summed E-state index contributed by atoms with van der Waals surface area (Å²) in [6.45, 7) is 8.40. The molecule has 3 aromatic heterocycles. The second kappa shape index (κ2) is 9.78. The van der Waals surface area contributed by atoms with E-state index in [1.165, 1.54) is 10.1 Å². The molecular weight excluding hydrogens is 478 g/mol. The van der Waals surface area contributed by atoms with Crippen LogP contribution in [-0.2, 0) is 30.1 Å². The van der Waals surface area contributed by atoms with E-state index in [1.807, 2.05) is 66.2 Å². The number of fused-ring (bicyclic) bond motifs is 1.